The lowest BCUT2D eigenvalue weighted by Crippen LogP contribution is -2.20. The molecule has 0 fully saturated rings. The van der Waals surface area contributed by atoms with Gasteiger partial charge in [0, 0.05) is 6.20 Å². The maximum absolute atomic E-state index is 13.8. The Kier molecular flexibility index (Phi) is 5.22. The number of aromatic nitrogens is 1. The van der Waals surface area contributed by atoms with Gasteiger partial charge in [0.1, 0.15) is 18.5 Å². The van der Waals surface area contributed by atoms with Crippen LogP contribution in [-0.4, -0.2) is 11.6 Å². The van der Waals surface area contributed by atoms with Crippen LogP contribution in [-0.2, 0) is 0 Å². The highest BCUT2D eigenvalue weighted by molar-refractivity contribution is 5.52. The summed E-state index contributed by atoms with van der Waals surface area (Å²) >= 11 is 0. The number of halogens is 1. The predicted molar refractivity (Wildman–Crippen MR) is 93.7 cm³/mol. The van der Waals surface area contributed by atoms with Gasteiger partial charge in [-0.1, -0.05) is 42.5 Å². The number of nitrogens with zero attached hydrogens (tertiary/aromatic N) is 2. The second-order valence-electron chi connectivity index (χ2n) is 5.36. The average molecular weight is 333 g/mol. The Morgan fingerprint density at radius 1 is 1.04 bits per heavy atom. The zero-order valence-electron chi connectivity index (χ0n) is 13.4. The first-order valence-electron chi connectivity index (χ1n) is 7.82. The zero-order valence-corrected chi connectivity index (χ0v) is 13.4. The number of nitrogens with one attached hydrogen (secondary N) is 1. The molecule has 1 unspecified atom stereocenters. The average Bonchev–Trinajstić information content (AvgIpc) is 2.67. The van der Waals surface area contributed by atoms with Crippen molar-refractivity contribution in [2.75, 3.05) is 11.9 Å². The third kappa shape index (κ3) is 4.12. The van der Waals surface area contributed by atoms with Crippen LogP contribution in [0.1, 0.15) is 17.2 Å². The van der Waals surface area contributed by atoms with E-state index in [1.165, 1.54) is 6.07 Å². The molecule has 0 radical (unpaired) electrons. The van der Waals surface area contributed by atoms with Crippen LogP contribution < -0.4 is 10.1 Å². The van der Waals surface area contributed by atoms with E-state index in [1.54, 1.807) is 36.5 Å². The minimum absolute atomic E-state index is 0.187. The number of hydrogen-bond acceptors (Lipinski definition) is 4. The van der Waals surface area contributed by atoms with Crippen LogP contribution in [0, 0.1) is 17.1 Å². The Morgan fingerprint density at radius 2 is 1.80 bits per heavy atom. The van der Waals surface area contributed by atoms with Crippen molar-refractivity contribution in [2.24, 2.45) is 0 Å². The SMILES string of the molecule is N#Cc1cccnc1NC(COc1ccccc1F)c1ccccc1. The van der Waals surface area contributed by atoms with E-state index in [2.05, 4.69) is 16.4 Å². The Hall–Kier alpha value is -3.39. The molecule has 25 heavy (non-hydrogen) atoms. The summed E-state index contributed by atoms with van der Waals surface area (Å²) < 4.78 is 19.4. The molecule has 4 nitrogen and oxygen atoms in total. The van der Waals surface area contributed by atoms with Crippen LogP contribution >= 0.6 is 0 Å². The molecule has 1 aromatic heterocycles. The first-order valence-corrected chi connectivity index (χ1v) is 7.82. The molecule has 3 rings (SSSR count). The Labute approximate surface area is 145 Å². The van der Waals surface area contributed by atoms with Crippen molar-refractivity contribution in [3.05, 3.63) is 89.9 Å². The van der Waals surface area contributed by atoms with E-state index in [-0.39, 0.29) is 18.4 Å². The Bertz CT molecular complexity index is 877. The highest BCUT2D eigenvalue weighted by Crippen LogP contribution is 2.23. The molecule has 1 heterocycles. The quantitative estimate of drug-likeness (QED) is 0.730. The van der Waals surface area contributed by atoms with Gasteiger partial charge in [-0.05, 0) is 29.8 Å². The molecule has 3 aromatic rings. The lowest BCUT2D eigenvalue weighted by atomic mass is 10.1. The second-order valence-corrected chi connectivity index (χ2v) is 5.36. The van der Waals surface area contributed by atoms with Crippen LogP contribution in [0.25, 0.3) is 0 Å². The molecule has 1 N–H and O–H groups in total. The van der Waals surface area contributed by atoms with Gasteiger partial charge in [-0.2, -0.15) is 5.26 Å². The van der Waals surface area contributed by atoms with Gasteiger partial charge in [0.15, 0.2) is 11.6 Å². The minimum atomic E-state index is -0.412. The molecule has 0 saturated heterocycles. The van der Waals surface area contributed by atoms with Crippen LogP contribution in [0.15, 0.2) is 72.9 Å². The molecular formula is C20H16FN3O. The van der Waals surface area contributed by atoms with Crippen LogP contribution in [0.5, 0.6) is 5.75 Å². The van der Waals surface area contributed by atoms with Gasteiger partial charge in [0.25, 0.3) is 0 Å². The summed E-state index contributed by atoms with van der Waals surface area (Å²) in [6, 6.07) is 21.1. The highest BCUT2D eigenvalue weighted by atomic mass is 19.1. The third-order valence-corrected chi connectivity index (χ3v) is 3.68. The summed E-state index contributed by atoms with van der Waals surface area (Å²) in [6.07, 6.45) is 1.61. The number of hydrogen-bond donors (Lipinski definition) is 1. The number of ether oxygens (including phenoxy) is 1. The number of nitriles is 1. The van der Waals surface area contributed by atoms with Crippen LogP contribution in [0.4, 0.5) is 10.2 Å². The summed E-state index contributed by atoms with van der Waals surface area (Å²) in [5, 5.41) is 12.5. The van der Waals surface area contributed by atoms with Crippen molar-refractivity contribution in [1.82, 2.24) is 4.98 Å². The predicted octanol–water partition coefficient (Wildman–Crippen LogP) is 4.32. The number of rotatable bonds is 6. The number of para-hydroxylation sites is 1. The fraction of sp³-hybridized carbons (Fsp3) is 0.100. The molecular weight excluding hydrogens is 317 g/mol. The van der Waals surface area contributed by atoms with Crippen molar-refractivity contribution < 1.29 is 9.13 Å². The summed E-state index contributed by atoms with van der Waals surface area (Å²) in [5.41, 5.74) is 1.39. The van der Waals surface area contributed by atoms with Gasteiger partial charge in [-0.15, -0.1) is 0 Å². The second kappa shape index (κ2) is 7.93. The molecule has 0 aliphatic carbocycles. The van der Waals surface area contributed by atoms with E-state index in [0.717, 1.165) is 5.56 Å². The van der Waals surface area contributed by atoms with Gasteiger partial charge < -0.3 is 10.1 Å². The third-order valence-electron chi connectivity index (χ3n) is 3.68. The molecule has 0 saturated carbocycles. The number of anilines is 1. The minimum Gasteiger partial charge on any atom is -0.488 e. The van der Waals surface area contributed by atoms with Crippen molar-refractivity contribution >= 4 is 5.82 Å². The van der Waals surface area contributed by atoms with Crippen LogP contribution in [0.2, 0.25) is 0 Å². The maximum atomic E-state index is 13.8. The van der Waals surface area contributed by atoms with Crippen molar-refractivity contribution in [2.45, 2.75) is 6.04 Å². The van der Waals surface area contributed by atoms with E-state index >= 15 is 0 Å². The summed E-state index contributed by atoms with van der Waals surface area (Å²) in [6.45, 7) is 0.187. The van der Waals surface area contributed by atoms with Crippen molar-refractivity contribution in [3.8, 4) is 11.8 Å². The zero-order chi connectivity index (χ0) is 17.5. The van der Waals surface area contributed by atoms with E-state index in [9.17, 15) is 9.65 Å². The molecule has 124 valence electrons. The summed E-state index contributed by atoms with van der Waals surface area (Å²) in [7, 11) is 0. The fourth-order valence-corrected chi connectivity index (χ4v) is 2.42. The molecule has 0 bridgehead atoms. The van der Waals surface area contributed by atoms with Gasteiger partial charge >= 0.3 is 0 Å². The topological polar surface area (TPSA) is 57.9 Å². The van der Waals surface area contributed by atoms with E-state index in [4.69, 9.17) is 4.74 Å². The number of pyridine rings is 1. The standard InChI is InChI=1S/C20H16FN3O/c21-17-10-4-5-11-19(17)25-14-18(15-7-2-1-3-8-15)24-20-16(13-22)9-6-12-23-20/h1-12,18H,14H2,(H,23,24). The molecule has 0 spiro atoms. The Balaban J connectivity index is 1.83. The van der Waals surface area contributed by atoms with Gasteiger partial charge in [0.05, 0.1) is 11.6 Å². The van der Waals surface area contributed by atoms with E-state index < -0.39 is 5.82 Å². The van der Waals surface area contributed by atoms with E-state index in [1.807, 2.05) is 30.3 Å². The first-order chi connectivity index (χ1) is 12.3. The molecule has 0 amide bonds. The van der Waals surface area contributed by atoms with Gasteiger partial charge in [0.2, 0.25) is 0 Å². The van der Waals surface area contributed by atoms with Gasteiger partial charge in [-0.25, -0.2) is 9.37 Å². The van der Waals surface area contributed by atoms with E-state index in [0.29, 0.717) is 11.4 Å². The lowest BCUT2D eigenvalue weighted by Gasteiger charge is -2.21. The normalized spacial score (nSPS) is 11.4. The van der Waals surface area contributed by atoms with Crippen LogP contribution in [0.3, 0.4) is 0 Å². The summed E-state index contributed by atoms with van der Waals surface area (Å²) in [5.74, 6) is 0.243. The molecule has 1 atom stereocenters. The largest absolute Gasteiger partial charge is 0.488 e. The first kappa shape index (κ1) is 16.5. The Morgan fingerprint density at radius 3 is 2.56 bits per heavy atom. The van der Waals surface area contributed by atoms with Crippen molar-refractivity contribution in [1.29, 1.82) is 5.26 Å². The molecule has 0 aliphatic rings. The molecule has 0 aliphatic heterocycles. The smallest absolute Gasteiger partial charge is 0.165 e. The molecule has 2 aromatic carbocycles. The van der Waals surface area contributed by atoms with Crippen molar-refractivity contribution in [3.63, 3.8) is 0 Å². The molecule has 5 heteroatoms. The monoisotopic (exact) mass is 333 g/mol. The van der Waals surface area contributed by atoms with Gasteiger partial charge in [-0.3, -0.25) is 0 Å². The highest BCUT2D eigenvalue weighted by Gasteiger charge is 2.16. The fourth-order valence-electron chi connectivity index (χ4n) is 2.42. The number of benzene rings is 2. The maximum Gasteiger partial charge on any atom is 0.165 e. The summed E-state index contributed by atoms with van der Waals surface area (Å²) in [4.78, 5) is 4.22. The lowest BCUT2D eigenvalue weighted by molar-refractivity contribution is 0.284.